The van der Waals surface area contributed by atoms with E-state index >= 15 is 0 Å². The maximum absolute atomic E-state index is 13.5. The van der Waals surface area contributed by atoms with Crippen molar-refractivity contribution in [2.75, 3.05) is 11.7 Å². The molecule has 1 rings (SSSR count). The van der Waals surface area contributed by atoms with E-state index in [0.717, 1.165) is 18.0 Å². The van der Waals surface area contributed by atoms with Crippen molar-refractivity contribution < 1.29 is 4.48 Å². The first-order valence-corrected chi connectivity index (χ1v) is 6.33. The van der Waals surface area contributed by atoms with Crippen LogP contribution in [0.25, 0.3) is 0 Å². The van der Waals surface area contributed by atoms with E-state index in [1.807, 2.05) is 18.2 Å². The van der Waals surface area contributed by atoms with Gasteiger partial charge in [0.1, 0.15) is 0 Å². The fraction of sp³-hybridized carbons (Fsp3) is 0.571. The lowest BCUT2D eigenvalue weighted by Crippen LogP contribution is -2.12. The lowest BCUT2D eigenvalue weighted by molar-refractivity contribution is 0.420. The Morgan fingerprint density at radius 3 is 2.25 bits per heavy atom. The molecule has 1 aromatic rings. The molecule has 0 unspecified atom stereocenters. The molecule has 0 spiro atoms. The molecule has 0 atom stereocenters. The molecule has 0 aliphatic rings. The summed E-state index contributed by atoms with van der Waals surface area (Å²) in [4.78, 5) is 0. The fourth-order valence-corrected chi connectivity index (χ4v) is 1.75. The van der Waals surface area contributed by atoms with E-state index in [0.29, 0.717) is 12.2 Å². The number of anilines is 1. The molecule has 0 fully saturated rings. The maximum atomic E-state index is 13.5. The van der Waals surface area contributed by atoms with Crippen molar-refractivity contribution in [1.82, 2.24) is 0 Å². The zero-order chi connectivity index (χ0) is 11.6. The van der Waals surface area contributed by atoms with Crippen molar-refractivity contribution in [2.24, 2.45) is 0 Å². The van der Waals surface area contributed by atoms with Crippen LogP contribution in [-0.2, 0) is 0 Å². The maximum Gasteiger partial charge on any atom is 0.0687 e. The molecule has 1 aromatic carbocycles. The standard InChI is InChI=1S/C14H22FN/c1-2-3-4-5-6-10-13-16(15)14-11-8-7-9-12-14/h7-9,11-12H,2-6,10,13H2,1H3. The molecule has 90 valence electrons. The van der Waals surface area contributed by atoms with Gasteiger partial charge in [-0.05, 0) is 18.6 Å². The van der Waals surface area contributed by atoms with E-state index in [1.165, 1.54) is 25.7 Å². The van der Waals surface area contributed by atoms with Crippen LogP contribution in [0.1, 0.15) is 45.4 Å². The number of hydrogen-bond donors (Lipinski definition) is 0. The highest BCUT2D eigenvalue weighted by Crippen LogP contribution is 2.15. The van der Waals surface area contributed by atoms with Crippen LogP contribution in [0.4, 0.5) is 10.2 Å². The molecule has 0 radical (unpaired) electrons. The summed E-state index contributed by atoms with van der Waals surface area (Å²) in [5, 5.41) is 0.847. The van der Waals surface area contributed by atoms with Crippen molar-refractivity contribution in [3.63, 3.8) is 0 Å². The summed E-state index contributed by atoms with van der Waals surface area (Å²) in [6.07, 6.45) is 7.16. The SMILES string of the molecule is CCCCCCCCN(F)c1ccccc1. The van der Waals surface area contributed by atoms with Crippen LogP contribution in [0, 0.1) is 0 Å². The summed E-state index contributed by atoms with van der Waals surface area (Å²) in [6, 6.07) is 9.24. The Labute approximate surface area is 98.2 Å². The third-order valence-corrected chi connectivity index (χ3v) is 2.74. The highest BCUT2D eigenvalue weighted by atomic mass is 19.2. The van der Waals surface area contributed by atoms with Gasteiger partial charge >= 0.3 is 0 Å². The second-order valence-corrected chi connectivity index (χ2v) is 4.19. The van der Waals surface area contributed by atoms with Crippen LogP contribution in [0.15, 0.2) is 30.3 Å². The zero-order valence-corrected chi connectivity index (χ0v) is 10.2. The predicted octanol–water partition coefficient (Wildman–Crippen LogP) is 4.74. The summed E-state index contributed by atoms with van der Waals surface area (Å²) in [6.45, 7) is 2.72. The average Bonchev–Trinajstić information content (AvgIpc) is 2.34. The normalized spacial score (nSPS) is 10.4. The first-order valence-electron chi connectivity index (χ1n) is 6.33. The fourth-order valence-electron chi connectivity index (χ4n) is 1.75. The quantitative estimate of drug-likeness (QED) is 0.454. The Bertz CT molecular complexity index is 261. The van der Waals surface area contributed by atoms with Crippen LogP contribution < -0.4 is 5.12 Å². The van der Waals surface area contributed by atoms with Crippen LogP contribution in [0.3, 0.4) is 0 Å². The molecular weight excluding hydrogens is 201 g/mol. The highest BCUT2D eigenvalue weighted by Gasteiger charge is 2.02. The van der Waals surface area contributed by atoms with Crippen molar-refractivity contribution in [2.45, 2.75) is 45.4 Å². The van der Waals surface area contributed by atoms with Crippen molar-refractivity contribution in [1.29, 1.82) is 0 Å². The number of nitrogens with zero attached hydrogens (tertiary/aromatic N) is 1. The summed E-state index contributed by atoms with van der Waals surface area (Å²) in [7, 11) is 0. The van der Waals surface area contributed by atoms with E-state index < -0.39 is 0 Å². The zero-order valence-electron chi connectivity index (χ0n) is 10.2. The van der Waals surface area contributed by atoms with Gasteiger partial charge in [0, 0.05) is 0 Å². The summed E-state index contributed by atoms with van der Waals surface area (Å²) >= 11 is 0. The van der Waals surface area contributed by atoms with Gasteiger partial charge in [-0.1, -0.05) is 61.7 Å². The number of unbranched alkanes of at least 4 members (excludes halogenated alkanes) is 5. The number of hydrogen-bond acceptors (Lipinski definition) is 1. The molecule has 16 heavy (non-hydrogen) atoms. The molecular formula is C14H22FN. The lowest BCUT2D eigenvalue weighted by Gasteiger charge is -2.13. The first kappa shape index (κ1) is 13.0. The predicted molar refractivity (Wildman–Crippen MR) is 68.3 cm³/mol. The molecule has 0 N–H and O–H groups in total. The van der Waals surface area contributed by atoms with Gasteiger partial charge in [0.15, 0.2) is 0 Å². The van der Waals surface area contributed by atoms with E-state index in [4.69, 9.17) is 0 Å². The second-order valence-electron chi connectivity index (χ2n) is 4.19. The van der Waals surface area contributed by atoms with Crippen LogP contribution in [-0.4, -0.2) is 6.54 Å². The van der Waals surface area contributed by atoms with Gasteiger partial charge in [-0.3, -0.25) is 0 Å². The van der Waals surface area contributed by atoms with Gasteiger partial charge in [0.25, 0.3) is 0 Å². The number of benzene rings is 1. The Morgan fingerprint density at radius 1 is 0.938 bits per heavy atom. The Morgan fingerprint density at radius 2 is 1.56 bits per heavy atom. The Hall–Kier alpha value is -1.05. The minimum Gasteiger partial charge on any atom is -0.212 e. The number of halogens is 1. The smallest absolute Gasteiger partial charge is 0.0687 e. The third-order valence-electron chi connectivity index (χ3n) is 2.74. The second kappa shape index (κ2) is 8.14. The van der Waals surface area contributed by atoms with Crippen molar-refractivity contribution in [3.8, 4) is 0 Å². The summed E-state index contributed by atoms with van der Waals surface area (Å²) < 4.78 is 13.5. The summed E-state index contributed by atoms with van der Waals surface area (Å²) in [5.74, 6) is 0. The Kier molecular flexibility index (Phi) is 6.62. The van der Waals surface area contributed by atoms with Gasteiger partial charge in [-0.15, -0.1) is 0 Å². The lowest BCUT2D eigenvalue weighted by atomic mass is 10.1. The monoisotopic (exact) mass is 223 g/mol. The molecule has 1 nitrogen and oxygen atoms in total. The Balaban J connectivity index is 2.09. The molecule has 0 aliphatic carbocycles. The average molecular weight is 223 g/mol. The topological polar surface area (TPSA) is 3.24 Å². The molecule has 0 amide bonds. The van der Waals surface area contributed by atoms with Crippen LogP contribution in [0.2, 0.25) is 0 Å². The molecule has 0 saturated heterocycles. The molecule has 0 saturated carbocycles. The van der Waals surface area contributed by atoms with Gasteiger partial charge in [0.05, 0.1) is 12.2 Å². The third kappa shape index (κ3) is 5.15. The van der Waals surface area contributed by atoms with Gasteiger partial charge in [0.2, 0.25) is 0 Å². The minimum atomic E-state index is 0.510. The van der Waals surface area contributed by atoms with Crippen LogP contribution >= 0.6 is 0 Å². The van der Waals surface area contributed by atoms with Crippen molar-refractivity contribution >= 4 is 5.69 Å². The van der Waals surface area contributed by atoms with E-state index in [9.17, 15) is 4.48 Å². The van der Waals surface area contributed by atoms with E-state index in [1.54, 1.807) is 12.1 Å². The van der Waals surface area contributed by atoms with E-state index in [2.05, 4.69) is 6.92 Å². The van der Waals surface area contributed by atoms with Gasteiger partial charge < -0.3 is 0 Å². The molecule has 0 aliphatic heterocycles. The van der Waals surface area contributed by atoms with Crippen LogP contribution in [0.5, 0.6) is 0 Å². The number of rotatable bonds is 8. The molecule has 0 aromatic heterocycles. The van der Waals surface area contributed by atoms with Gasteiger partial charge in [-0.2, -0.15) is 0 Å². The van der Waals surface area contributed by atoms with Crippen molar-refractivity contribution in [3.05, 3.63) is 30.3 Å². The van der Waals surface area contributed by atoms with Gasteiger partial charge in [-0.25, -0.2) is 5.12 Å². The summed E-state index contributed by atoms with van der Waals surface area (Å²) in [5.41, 5.74) is 0.663. The molecule has 2 heteroatoms. The molecule has 0 bridgehead atoms. The highest BCUT2D eigenvalue weighted by molar-refractivity contribution is 5.42. The first-order chi connectivity index (χ1) is 7.84. The van der Waals surface area contributed by atoms with E-state index in [-0.39, 0.29) is 0 Å². The minimum absolute atomic E-state index is 0.510. The largest absolute Gasteiger partial charge is 0.212 e. The number of para-hydroxylation sites is 1. The molecule has 0 heterocycles.